The topological polar surface area (TPSA) is 86.8 Å². The van der Waals surface area contributed by atoms with Gasteiger partial charge in [-0.25, -0.2) is 8.42 Å². The minimum Gasteiger partial charge on any atom is -0.357 e. The van der Waals surface area contributed by atoms with E-state index < -0.39 is 28.5 Å². The monoisotopic (exact) mass is 471 g/mol. The van der Waals surface area contributed by atoms with Gasteiger partial charge in [0.05, 0.1) is 17.0 Å². The van der Waals surface area contributed by atoms with Crippen molar-refractivity contribution in [1.82, 2.24) is 10.2 Å². The highest BCUT2D eigenvalue weighted by molar-refractivity contribution is 7.92. The molecule has 0 saturated carbocycles. The summed E-state index contributed by atoms with van der Waals surface area (Å²) in [5.41, 5.74) is 0.932. The number of halogens is 2. The van der Waals surface area contributed by atoms with Gasteiger partial charge in [-0.1, -0.05) is 53.5 Å². The standard InChI is InChI=1S/C20H23Cl2N3O4S/c1-14(20(27)23-2)24(12-15-7-5-4-6-8-15)19(26)13-25(30(3,28)29)18-10-9-16(21)11-17(18)22/h4-11,14H,12-13H2,1-3H3,(H,23,27)/t14-/m0/s1. The van der Waals surface area contributed by atoms with E-state index in [9.17, 15) is 18.0 Å². The third kappa shape index (κ3) is 6.10. The SMILES string of the molecule is CNC(=O)[C@H](C)N(Cc1ccccc1)C(=O)CN(c1ccc(Cl)cc1Cl)S(C)(=O)=O. The van der Waals surface area contributed by atoms with Crippen molar-refractivity contribution in [2.24, 2.45) is 0 Å². The van der Waals surface area contributed by atoms with Crippen molar-refractivity contribution in [1.29, 1.82) is 0 Å². The fourth-order valence-electron chi connectivity index (χ4n) is 2.85. The van der Waals surface area contributed by atoms with Crippen LogP contribution in [-0.4, -0.2) is 51.0 Å². The number of anilines is 1. The number of amides is 2. The summed E-state index contributed by atoms with van der Waals surface area (Å²) < 4.78 is 25.8. The Bertz CT molecular complexity index is 1020. The predicted octanol–water partition coefficient (Wildman–Crippen LogP) is 2.92. The van der Waals surface area contributed by atoms with E-state index in [2.05, 4.69) is 5.32 Å². The number of sulfonamides is 1. The zero-order valence-corrected chi connectivity index (χ0v) is 19.1. The van der Waals surface area contributed by atoms with E-state index in [4.69, 9.17) is 23.2 Å². The number of nitrogens with zero attached hydrogens (tertiary/aromatic N) is 2. The number of carbonyl (C=O) groups is 2. The number of nitrogens with one attached hydrogen (secondary N) is 1. The van der Waals surface area contributed by atoms with Crippen molar-refractivity contribution in [3.8, 4) is 0 Å². The Hall–Kier alpha value is -2.29. The lowest BCUT2D eigenvalue weighted by molar-refractivity contribution is -0.139. The van der Waals surface area contributed by atoms with Crippen LogP contribution in [0, 0.1) is 0 Å². The second kappa shape index (κ2) is 10.1. The highest BCUT2D eigenvalue weighted by Gasteiger charge is 2.30. The van der Waals surface area contributed by atoms with Crippen LogP contribution in [0.25, 0.3) is 0 Å². The van der Waals surface area contributed by atoms with Gasteiger partial charge in [0.15, 0.2) is 0 Å². The van der Waals surface area contributed by atoms with E-state index in [-0.39, 0.29) is 23.2 Å². The summed E-state index contributed by atoms with van der Waals surface area (Å²) in [6, 6.07) is 12.6. The van der Waals surface area contributed by atoms with Crippen molar-refractivity contribution in [2.45, 2.75) is 19.5 Å². The van der Waals surface area contributed by atoms with Gasteiger partial charge in [0.1, 0.15) is 12.6 Å². The van der Waals surface area contributed by atoms with E-state index in [0.717, 1.165) is 16.1 Å². The average Bonchev–Trinajstić information content (AvgIpc) is 2.69. The fraction of sp³-hybridized carbons (Fsp3) is 0.300. The van der Waals surface area contributed by atoms with Gasteiger partial charge >= 0.3 is 0 Å². The molecule has 2 aromatic rings. The quantitative estimate of drug-likeness (QED) is 0.640. The highest BCUT2D eigenvalue weighted by atomic mass is 35.5. The zero-order valence-electron chi connectivity index (χ0n) is 16.8. The predicted molar refractivity (Wildman–Crippen MR) is 119 cm³/mol. The minimum absolute atomic E-state index is 0.0923. The smallest absolute Gasteiger partial charge is 0.244 e. The maximum atomic E-state index is 13.2. The Balaban J connectivity index is 2.39. The molecule has 7 nitrogen and oxygen atoms in total. The van der Waals surface area contributed by atoms with Crippen molar-refractivity contribution < 1.29 is 18.0 Å². The molecule has 0 saturated heterocycles. The van der Waals surface area contributed by atoms with Crippen molar-refractivity contribution in [3.63, 3.8) is 0 Å². The van der Waals surface area contributed by atoms with Crippen LogP contribution < -0.4 is 9.62 Å². The first-order chi connectivity index (χ1) is 14.0. The summed E-state index contributed by atoms with van der Waals surface area (Å²) in [6.45, 7) is 1.20. The minimum atomic E-state index is -3.85. The highest BCUT2D eigenvalue weighted by Crippen LogP contribution is 2.30. The van der Waals surface area contributed by atoms with Crippen LogP contribution >= 0.6 is 23.2 Å². The molecule has 0 aliphatic carbocycles. The van der Waals surface area contributed by atoms with Crippen LogP contribution in [0.15, 0.2) is 48.5 Å². The van der Waals surface area contributed by atoms with Gasteiger partial charge in [0, 0.05) is 18.6 Å². The number of rotatable bonds is 8. The first-order valence-corrected chi connectivity index (χ1v) is 11.6. The lowest BCUT2D eigenvalue weighted by Gasteiger charge is -2.31. The van der Waals surface area contributed by atoms with Gasteiger partial charge in [-0.05, 0) is 30.7 Å². The van der Waals surface area contributed by atoms with Crippen LogP contribution in [-0.2, 0) is 26.2 Å². The summed E-state index contributed by atoms with van der Waals surface area (Å²) in [5, 5.41) is 2.94. The lowest BCUT2D eigenvalue weighted by atomic mass is 10.1. The van der Waals surface area contributed by atoms with E-state index >= 15 is 0 Å². The van der Waals surface area contributed by atoms with Crippen molar-refractivity contribution in [2.75, 3.05) is 24.2 Å². The summed E-state index contributed by atoms with van der Waals surface area (Å²) in [7, 11) is -2.38. The van der Waals surface area contributed by atoms with Gasteiger partial charge in [-0.2, -0.15) is 0 Å². The molecular weight excluding hydrogens is 449 g/mol. The molecule has 10 heteroatoms. The first-order valence-electron chi connectivity index (χ1n) is 9.02. The molecule has 2 rings (SSSR count). The molecule has 0 fully saturated rings. The van der Waals surface area contributed by atoms with E-state index in [1.54, 1.807) is 6.92 Å². The molecule has 0 aliphatic rings. The molecule has 30 heavy (non-hydrogen) atoms. The molecule has 1 N–H and O–H groups in total. The molecule has 0 spiro atoms. The molecule has 2 amide bonds. The Morgan fingerprint density at radius 3 is 2.27 bits per heavy atom. The molecule has 0 bridgehead atoms. The molecule has 0 unspecified atom stereocenters. The molecular formula is C20H23Cl2N3O4S. The number of carbonyl (C=O) groups excluding carboxylic acids is 2. The number of hydrogen-bond acceptors (Lipinski definition) is 4. The summed E-state index contributed by atoms with van der Waals surface area (Å²) >= 11 is 12.1. The second-order valence-corrected chi connectivity index (χ2v) is 9.41. The van der Waals surface area contributed by atoms with Crippen molar-refractivity contribution >= 4 is 50.7 Å². The number of likely N-dealkylation sites (N-methyl/N-ethyl adjacent to an activating group) is 1. The molecule has 0 aliphatic heterocycles. The van der Waals surface area contributed by atoms with Crippen LogP contribution in [0.5, 0.6) is 0 Å². The van der Waals surface area contributed by atoms with E-state index in [1.165, 1.54) is 30.1 Å². The molecule has 162 valence electrons. The maximum Gasteiger partial charge on any atom is 0.244 e. The Kier molecular flexibility index (Phi) is 8.11. The third-order valence-electron chi connectivity index (χ3n) is 4.47. The molecule has 0 radical (unpaired) electrons. The largest absolute Gasteiger partial charge is 0.357 e. The molecule has 1 atom stereocenters. The fourth-order valence-corrected chi connectivity index (χ4v) is 4.27. The van der Waals surface area contributed by atoms with Crippen LogP contribution in [0.1, 0.15) is 12.5 Å². The maximum absolute atomic E-state index is 13.2. The molecule has 2 aromatic carbocycles. The van der Waals surface area contributed by atoms with Gasteiger partial charge in [-0.3, -0.25) is 13.9 Å². The van der Waals surface area contributed by atoms with Gasteiger partial charge in [0.2, 0.25) is 21.8 Å². The summed E-state index contributed by atoms with van der Waals surface area (Å²) in [5.74, 6) is -0.916. The molecule has 0 aromatic heterocycles. The summed E-state index contributed by atoms with van der Waals surface area (Å²) in [4.78, 5) is 26.7. The van der Waals surface area contributed by atoms with Gasteiger partial charge < -0.3 is 10.2 Å². The summed E-state index contributed by atoms with van der Waals surface area (Å²) in [6.07, 6.45) is 0.981. The average molecular weight is 472 g/mol. The van der Waals surface area contributed by atoms with Gasteiger partial charge in [0.25, 0.3) is 0 Å². The van der Waals surface area contributed by atoms with Crippen LogP contribution in [0.2, 0.25) is 10.0 Å². The van der Waals surface area contributed by atoms with Gasteiger partial charge in [-0.15, -0.1) is 0 Å². The second-order valence-electron chi connectivity index (χ2n) is 6.66. The van der Waals surface area contributed by atoms with E-state index in [1.807, 2.05) is 30.3 Å². The van der Waals surface area contributed by atoms with E-state index in [0.29, 0.717) is 5.02 Å². The van der Waals surface area contributed by atoms with Crippen LogP contribution in [0.3, 0.4) is 0 Å². The zero-order chi connectivity index (χ0) is 22.5. The molecule has 0 heterocycles. The van der Waals surface area contributed by atoms with Crippen molar-refractivity contribution in [3.05, 3.63) is 64.1 Å². The number of benzene rings is 2. The normalized spacial score (nSPS) is 12.2. The number of hydrogen-bond donors (Lipinski definition) is 1. The lowest BCUT2D eigenvalue weighted by Crippen LogP contribution is -2.50. The Labute approximate surface area is 186 Å². The Morgan fingerprint density at radius 2 is 1.73 bits per heavy atom. The Morgan fingerprint density at radius 1 is 1.10 bits per heavy atom. The third-order valence-corrected chi connectivity index (χ3v) is 6.13. The first kappa shape index (κ1) is 24.0. The van der Waals surface area contributed by atoms with Crippen LogP contribution in [0.4, 0.5) is 5.69 Å².